The van der Waals surface area contributed by atoms with Gasteiger partial charge in [0.05, 0.1) is 35.2 Å². The van der Waals surface area contributed by atoms with Gasteiger partial charge in [-0.2, -0.15) is 0 Å². The van der Waals surface area contributed by atoms with Crippen LogP contribution in [0, 0.1) is 0 Å². The van der Waals surface area contributed by atoms with Crippen molar-refractivity contribution >= 4 is 38.6 Å². The van der Waals surface area contributed by atoms with E-state index in [4.69, 9.17) is 5.73 Å². The quantitative estimate of drug-likeness (QED) is 0.129. The number of hydrogen-bond acceptors (Lipinski definition) is 8. The van der Waals surface area contributed by atoms with Crippen molar-refractivity contribution in [3.63, 3.8) is 0 Å². The second-order valence-electron chi connectivity index (χ2n) is 16.2. The third kappa shape index (κ3) is 8.09. The standard InChI is InChI=1S/C28H30N2O4S.C20H24N2O/c1-19(31)20-15-17-23(18-16-20)35(33,34)29-24-9-6-12-27(28(24)32)30-25-10-4-2-7-21(25)13-14-22-8-3-5-11-26(22)30;21-16-8-5-11-19(20(16)23)22-17-9-3-1-6-14(17)12-13-15-7-2-4-10-18(15)22/h2-5,7-8,10-11,15-18,24,27-29,32H,6,9,12-14H2,1H3;1-4,6-7,9-10,16,19-20,23H,5,8,11-13,21H2/t24-,27+,28+;16-,19+,20+/m00/s1. The lowest BCUT2D eigenvalue weighted by Gasteiger charge is -2.43. The SMILES string of the molecule is CC(=O)c1ccc(S(=O)(=O)N[C@H]2CCC[C@@H](N3c4ccccc4CCc4ccccc43)[C@@H]2O)cc1.N[C@H]1CCC[C@@H](N2c3ccccc3CCc3ccccc32)[C@@H]1O. The maximum atomic E-state index is 13.1. The van der Waals surface area contributed by atoms with Crippen molar-refractivity contribution in [3.8, 4) is 0 Å². The van der Waals surface area contributed by atoms with Crippen molar-refractivity contribution < 1.29 is 23.4 Å². The molecule has 0 aromatic heterocycles. The molecule has 2 heterocycles. The van der Waals surface area contributed by atoms with Gasteiger partial charge in [-0.1, -0.05) is 84.9 Å². The van der Waals surface area contributed by atoms with Gasteiger partial charge in [-0.3, -0.25) is 4.79 Å². The van der Waals surface area contributed by atoms with E-state index in [0.717, 1.165) is 69.2 Å². The summed E-state index contributed by atoms with van der Waals surface area (Å²) in [5, 5.41) is 22.3. The molecule has 2 saturated carbocycles. The first kappa shape index (κ1) is 40.0. The topological polar surface area (TPSA) is 136 Å². The number of nitrogens with one attached hydrogen (secondary N) is 1. The van der Waals surface area contributed by atoms with Gasteiger partial charge in [-0.05, 0) is 130 Å². The number of hydrogen-bond donors (Lipinski definition) is 4. The van der Waals surface area contributed by atoms with Crippen LogP contribution in [0.5, 0.6) is 0 Å². The Bertz CT molecular complexity index is 2260. The molecule has 9 nitrogen and oxygen atoms in total. The minimum absolute atomic E-state index is 0.0548. The monoisotopic (exact) mass is 798 g/mol. The molecule has 58 heavy (non-hydrogen) atoms. The van der Waals surface area contributed by atoms with E-state index in [-0.39, 0.29) is 28.8 Å². The minimum Gasteiger partial charge on any atom is -0.389 e. The van der Waals surface area contributed by atoms with E-state index in [1.807, 2.05) is 24.3 Å². The molecular formula is C48H54N4O5S. The molecule has 0 amide bonds. The number of carbonyl (C=O) groups excluding carboxylic acids is 1. The van der Waals surface area contributed by atoms with Gasteiger partial charge >= 0.3 is 0 Å². The lowest BCUT2D eigenvalue weighted by atomic mass is 9.86. The molecule has 2 aliphatic heterocycles. The Balaban J connectivity index is 0.000000176. The van der Waals surface area contributed by atoms with Crippen LogP contribution in [0.4, 0.5) is 22.7 Å². The summed E-state index contributed by atoms with van der Waals surface area (Å²) in [5.74, 6) is -0.120. The fourth-order valence-electron chi connectivity index (χ4n) is 9.52. The van der Waals surface area contributed by atoms with E-state index in [0.29, 0.717) is 12.0 Å². The summed E-state index contributed by atoms with van der Waals surface area (Å²) in [5.41, 5.74) is 16.4. The number of aryl methyl sites for hydroxylation is 4. The molecule has 9 rings (SSSR count). The number of nitrogens with two attached hydrogens (primary N) is 1. The highest BCUT2D eigenvalue weighted by atomic mass is 32.2. The fraction of sp³-hybridized carbons (Fsp3) is 0.354. The number of ketones is 1. The number of rotatable bonds is 6. The first-order valence-corrected chi connectivity index (χ1v) is 22.2. The third-order valence-corrected chi connectivity index (χ3v) is 14.1. The number of aliphatic hydroxyl groups excluding tert-OH is 2. The minimum atomic E-state index is -3.86. The van der Waals surface area contributed by atoms with Gasteiger partial charge < -0.3 is 25.7 Å². The first-order chi connectivity index (χ1) is 28.1. The van der Waals surface area contributed by atoms with E-state index in [1.54, 1.807) is 0 Å². The average Bonchev–Trinajstić information content (AvgIpc) is 3.51. The smallest absolute Gasteiger partial charge is 0.240 e. The fourth-order valence-corrected chi connectivity index (χ4v) is 10.8. The number of para-hydroxylation sites is 4. The molecule has 2 aliphatic carbocycles. The number of aliphatic hydroxyl groups is 2. The summed E-state index contributed by atoms with van der Waals surface area (Å²) in [7, 11) is -3.86. The van der Waals surface area contributed by atoms with Crippen molar-refractivity contribution in [2.75, 3.05) is 9.80 Å². The number of carbonyl (C=O) groups is 1. The van der Waals surface area contributed by atoms with Crippen LogP contribution in [0.2, 0.25) is 0 Å². The molecular weight excluding hydrogens is 745 g/mol. The molecule has 5 N–H and O–H groups in total. The molecule has 6 atom stereocenters. The molecule has 2 fully saturated rings. The highest BCUT2D eigenvalue weighted by molar-refractivity contribution is 7.89. The summed E-state index contributed by atoms with van der Waals surface area (Å²) in [4.78, 5) is 16.2. The average molecular weight is 799 g/mol. The van der Waals surface area contributed by atoms with E-state index < -0.39 is 28.3 Å². The molecule has 5 aromatic carbocycles. The third-order valence-electron chi connectivity index (χ3n) is 12.6. The highest BCUT2D eigenvalue weighted by Gasteiger charge is 2.40. The Labute approximate surface area is 342 Å². The largest absolute Gasteiger partial charge is 0.389 e. The Morgan fingerprint density at radius 3 is 1.41 bits per heavy atom. The molecule has 0 saturated heterocycles. The van der Waals surface area contributed by atoms with Crippen LogP contribution < -0.4 is 20.3 Å². The maximum absolute atomic E-state index is 13.1. The molecule has 0 bridgehead atoms. The molecule has 0 spiro atoms. The molecule has 0 radical (unpaired) electrons. The number of Topliss-reactive ketones (excluding diaryl/α,β-unsaturated/α-hetero) is 1. The lowest BCUT2D eigenvalue weighted by molar-refractivity contribution is 0.0812. The molecule has 4 aliphatic rings. The van der Waals surface area contributed by atoms with E-state index in [2.05, 4.69) is 87.3 Å². The second-order valence-corrected chi connectivity index (χ2v) is 17.9. The predicted molar refractivity (Wildman–Crippen MR) is 231 cm³/mol. The van der Waals surface area contributed by atoms with Crippen molar-refractivity contribution in [2.24, 2.45) is 5.73 Å². The van der Waals surface area contributed by atoms with E-state index >= 15 is 0 Å². The van der Waals surface area contributed by atoms with E-state index in [9.17, 15) is 23.4 Å². The summed E-state index contributed by atoms with van der Waals surface area (Å²) in [6.07, 6.45) is 7.61. The number of benzene rings is 5. The zero-order valence-corrected chi connectivity index (χ0v) is 33.9. The van der Waals surface area contributed by atoms with Crippen LogP contribution in [0.15, 0.2) is 126 Å². The van der Waals surface area contributed by atoms with Crippen LogP contribution in [0.25, 0.3) is 0 Å². The zero-order chi connectivity index (χ0) is 40.4. The number of anilines is 4. The summed E-state index contributed by atoms with van der Waals surface area (Å²) < 4.78 is 29.0. The van der Waals surface area contributed by atoms with Gasteiger partial charge in [0.1, 0.15) is 0 Å². The highest BCUT2D eigenvalue weighted by Crippen LogP contribution is 2.42. The molecule has 302 valence electrons. The zero-order valence-electron chi connectivity index (χ0n) is 33.1. The Hall–Kier alpha value is -4.84. The van der Waals surface area contributed by atoms with Crippen molar-refractivity contribution in [2.45, 2.75) is 112 Å². The predicted octanol–water partition coefficient (Wildman–Crippen LogP) is 7.55. The van der Waals surface area contributed by atoms with Crippen molar-refractivity contribution in [3.05, 3.63) is 149 Å². The molecule has 10 heteroatoms. The van der Waals surface area contributed by atoms with Crippen molar-refractivity contribution in [1.82, 2.24) is 4.72 Å². The summed E-state index contributed by atoms with van der Waals surface area (Å²) in [6.45, 7) is 1.44. The number of nitrogens with zero attached hydrogens (tertiary/aromatic N) is 2. The number of sulfonamides is 1. The summed E-state index contributed by atoms with van der Waals surface area (Å²) in [6, 6.07) is 38.7. The maximum Gasteiger partial charge on any atom is 0.240 e. The Kier molecular flexibility index (Phi) is 11.8. The van der Waals surface area contributed by atoms with Gasteiger partial charge in [0.15, 0.2) is 5.78 Å². The van der Waals surface area contributed by atoms with Crippen LogP contribution in [0.3, 0.4) is 0 Å². The normalized spacial score (nSPS) is 24.1. The first-order valence-electron chi connectivity index (χ1n) is 20.8. The van der Waals surface area contributed by atoms with Crippen LogP contribution in [-0.4, -0.2) is 60.8 Å². The van der Waals surface area contributed by atoms with E-state index in [1.165, 1.54) is 64.8 Å². The lowest BCUT2D eigenvalue weighted by Crippen LogP contribution is -2.55. The Morgan fingerprint density at radius 1 is 0.586 bits per heavy atom. The van der Waals surface area contributed by atoms with Gasteiger partial charge in [0.2, 0.25) is 10.0 Å². The van der Waals surface area contributed by atoms with Crippen molar-refractivity contribution in [1.29, 1.82) is 0 Å². The van der Waals surface area contributed by atoms with Crippen LogP contribution in [0.1, 0.15) is 78.1 Å². The molecule has 5 aromatic rings. The van der Waals surface area contributed by atoms with Gasteiger partial charge in [-0.25, -0.2) is 13.1 Å². The molecule has 0 unspecified atom stereocenters. The van der Waals surface area contributed by atoms with Crippen LogP contribution in [-0.2, 0) is 35.7 Å². The second kappa shape index (κ2) is 17.2. The Morgan fingerprint density at radius 2 is 0.983 bits per heavy atom. The van der Waals surface area contributed by atoms with Gasteiger partial charge in [0.25, 0.3) is 0 Å². The summed E-state index contributed by atoms with van der Waals surface area (Å²) >= 11 is 0. The van der Waals surface area contributed by atoms with Crippen LogP contribution >= 0.6 is 0 Å². The van der Waals surface area contributed by atoms with Gasteiger partial charge in [0, 0.05) is 34.4 Å². The van der Waals surface area contributed by atoms with Gasteiger partial charge in [-0.15, -0.1) is 0 Å². The number of fused-ring (bicyclic) bond motifs is 4.